The number of phosphoric acid groups is 2. The van der Waals surface area contributed by atoms with E-state index in [-0.39, 0.29) is 19.3 Å². The molecule has 0 amide bonds. The quantitative estimate of drug-likeness (QED) is 0.0146. The summed E-state index contributed by atoms with van der Waals surface area (Å²) in [5, 5.41) is 20.6. The second-order valence-electron chi connectivity index (χ2n) is 23.6. The first-order valence-electron chi connectivity index (χ1n) is 36.4. The van der Waals surface area contributed by atoms with Crippen LogP contribution in [-0.4, -0.2) is 95.9 Å². The van der Waals surface area contributed by atoms with Gasteiger partial charge in [0.25, 0.3) is 0 Å². The van der Waals surface area contributed by atoms with E-state index in [4.69, 9.17) is 32.3 Å². The summed E-state index contributed by atoms with van der Waals surface area (Å²) in [6.07, 6.45) is 88.3. The molecule has 0 saturated carbocycles. The fourth-order valence-corrected chi connectivity index (χ4v) is 10.5. The molecule has 18 heteroatoms. The third-order valence-electron chi connectivity index (χ3n) is 14.4. The average molecular weight is 1400 g/mol. The molecule has 0 heterocycles. The molecule has 0 aromatic rings. The van der Waals surface area contributed by atoms with Crippen LogP contribution >= 0.6 is 15.6 Å². The van der Waals surface area contributed by atoms with Crippen molar-refractivity contribution in [2.75, 3.05) is 39.6 Å². The molecule has 0 saturated heterocycles. The summed E-state index contributed by atoms with van der Waals surface area (Å²) in [5.41, 5.74) is 0. The predicted molar refractivity (Wildman–Crippen MR) is 398 cm³/mol. The molecule has 5 atom stereocenters. The first kappa shape index (κ1) is 91.9. The van der Waals surface area contributed by atoms with Crippen LogP contribution in [0, 0.1) is 0 Å². The molecule has 0 spiro atoms. The minimum atomic E-state index is -4.95. The Morgan fingerprint density at radius 3 is 0.897 bits per heavy atom. The maximum Gasteiger partial charge on any atom is 0.472 e. The van der Waals surface area contributed by atoms with Gasteiger partial charge in [0, 0.05) is 19.3 Å². The number of hydrogen-bond acceptors (Lipinski definition) is 14. The third-order valence-corrected chi connectivity index (χ3v) is 16.3. The van der Waals surface area contributed by atoms with Gasteiger partial charge in [-0.2, -0.15) is 0 Å². The second kappa shape index (κ2) is 70.8. The molecule has 0 bridgehead atoms. The van der Waals surface area contributed by atoms with Gasteiger partial charge in [-0.1, -0.05) is 255 Å². The Morgan fingerprint density at radius 1 is 0.299 bits per heavy atom. The Hall–Kier alpha value is -5.09. The van der Waals surface area contributed by atoms with E-state index in [0.29, 0.717) is 25.7 Å². The van der Waals surface area contributed by atoms with Gasteiger partial charge in [0.1, 0.15) is 25.4 Å². The normalized spacial score (nSPS) is 15.1. The summed E-state index contributed by atoms with van der Waals surface area (Å²) < 4.78 is 60.9. The summed E-state index contributed by atoms with van der Waals surface area (Å²) in [6, 6.07) is 0. The van der Waals surface area contributed by atoms with Crippen LogP contribution in [0.25, 0.3) is 0 Å². The van der Waals surface area contributed by atoms with E-state index in [1.807, 2.05) is 12.2 Å². The number of ether oxygens (including phenoxy) is 3. The molecule has 0 fully saturated rings. The van der Waals surface area contributed by atoms with Crippen LogP contribution in [0.3, 0.4) is 0 Å². The van der Waals surface area contributed by atoms with Crippen molar-refractivity contribution < 1.29 is 75.8 Å². The van der Waals surface area contributed by atoms with Crippen molar-refractivity contribution in [3.05, 3.63) is 170 Å². The van der Waals surface area contributed by atoms with E-state index in [0.717, 1.165) is 167 Å². The highest BCUT2D eigenvalue weighted by molar-refractivity contribution is 7.47. The fraction of sp³-hybridized carbons (Fsp3) is 0.608. The predicted octanol–water partition coefficient (Wildman–Crippen LogP) is 20.9. The SMILES string of the molecule is CC/C=C\C/C=C\C/C=C\C/C=C\C/C=C\C/C=C\CCCCCCCCC(=O)OCC(O)COP(=O)(O)OCC(O)COP(=O)(O)OCC(COC(=O)CCCCCCCC/C=C\C/C=C\C/C=C\CCCCC)OC(=O)CCC/C=C\C/C=C\C/C=C\C/C=C\C/C=C\CC. The number of aliphatic hydroxyl groups is 2. The lowest BCUT2D eigenvalue weighted by atomic mass is 10.1. The minimum absolute atomic E-state index is 0.0167. The molecule has 0 radical (unpaired) electrons. The summed E-state index contributed by atoms with van der Waals surface area (Å²) >= 11 is 0. The number of hydrogen-bond donors (Lipinski definition) is 4. The number of aliphatic hydroxyl groups excluding tert-OH is 2. The molecule has 5 unspecified atom stereocenters. The van der Waals surface area contributed by atoms with Crippen molar-refractivity contribution in [3.63, 3.8) is 0 Å². The van der Waals surface area contributed by atoms with Gasteiger partial charge in [-0.05, 0) is 148 Å². The van der Waals surface area contributed by atoms with Crippen LogP contribution in [0.4, 0.5) is 0 Å². The highest BCUT2D eigenvalue weighted by atomic mass is 31.2. The van der Waals surface area contributed by atoms with Gasteiger partial charge in [-0.3, -0.25) is 32.5 Å². The van der Waals surface area contributed by atoms with Crippen molar-refractivity contribution in [1.29, 1.82) is 0 Å². The number of esters is 3. The van der Waals surface area contributed by atoms with E-state index in [1.54, 1.807) is 0 Å². The van der Waals surface area contributed by atoms with Crippen LogP contribution in [0.1, 0.15) is 252 Å². The van der Waals surface area contributed by atoms with E-state index >= 15 is 0 Å². The standard InChI is InChI=1S/C79H128O16P2/c1-4-7-10-13-16-19-22-25-28-31-33-34-35-36-37-38-40-43-44-47-50-53-56-59-62-65-77(82)89-68-74(80)69-91-96(85,86)92-70-75(81)71-93-97(87,88)94-73-76(95-79(84)67-64-61-58-55-52-49-46-41-30-27-24-21-18-15-12-9-6-3)72-90-78(83)66-63-60-57-54-51-48-45-42-39-32-29-26-23-20-17-14-11-8-5-2/h7,9-10,12,16-21,25-30,33-34,36-37,39-40,42-43,46,49,55,58,74-76,80-81H,4-6,8,11,13-15,22-24,31-32,35,38,41,44-45,47-48,50-54,56-57,59-73H2,1-3H3,(H,85,86)(H,87,88)/b10-7-,12-9-,19-16-,20-17-,21-18-,28-25-,29-26-,30-27-,34-33-,37-36-,42-39-,43-40-,49-46-,58-55-. The molecule has 0 aliphatic heterocycles. The number of rotatable bonds is 67. The third kappa shape index (κ3) is 72.0. The molecule has 4 N–H and O–H groups in total. The van der Waals surface area contributed by atoms with Gasteiger partial charge < -0.3 is 34.2 Å². The zero-order valence-corrected chi connectivity index (χ0v) is 61.5. The van der Waals surface area contributed by atoms with Crippen LogP contribution in [-0.2, 0) is 55.8 Å². The zero-order valence-electron chi connectivity index (χ0n) is 59.7. The number of carbonyl (C=O) groups excluding carboxylic acids is 3. The van der Waals surface area contributed by atoms with Gasteiger partial charge in [0.2, 0.25) is 0 Å². The van der Waals surface area contributed by atoms with Gasteiger partial charge in [-0.25, -0.2) is 9.13 Å². The monoisotopic (exact) mass is 1390 g/mol. The van der Waals surface area contributed by atoms with Gasteiger partial charge in [-0.15, -0.1) is 0 Å². The first-order valence-corrected chi connectivity index (χ1v) is 39.4. The molecular formula is C79H128O16P2. The molecule has 97 heavy (non-hydrogen) atoms. The lowest BCUT2D eigenvalue weighted by molar-refractivity contribution is -0.161. The maximum absolute atomic E-state index is 12.9. The Labute approximate surface area is 586 Å². The van der Waals surface area contributed by atoms with Crippen molar-refractivity contribution in [1.82, 2.24) is 0 Å². The largest absolute Gasteiger partial charge is 0.472 e. The Balaban J connectivity index is 4.72. The molecule has 550 valence electrons. The minimum Gasteiger partial charge on any atom is -0.463 e. The Morgan fingerprint density at radius 2 is 0.557 bits per heavy atom. The molecular weight excluding hydrogens is 1270 g/mol. The van der Waals surface area contributed by atoms with Crippen LogP contribution in [0.15, 0.2) is 170 Å². The molecule has 0 aliphatic carbocycles. The van der Waals surface area contributed by atoms with E-state index in [9.17, 15) is 43.5 Å². The Bertz CT molecular complexity index is 2440. The molecule has 16 nitrogen and oxygen atoms in total. The lowest BCUT2D eigenvalue weighted by Crippen LogP contribution is -2.30. The molecule has 0 aromatic carbocycles. The van der Waals surface area contributed by atoms with Gasteiger partial charge in [0.15, 0.2) is 6.10 Å². The zero-order chi connectivity index (χ0) is 70.9. The maximum atomic E-state index is 12.9. The lowest BCUT2D eigenvalue weighted by Gasteiger charge is -2.21. The summed E-state index contributed by atoms with van der Waals surface area (Å²) in [4.78, 5) is 58.5. The first-order chi connectivity index (χ1) is 47.2. The summed E-state index contributed by atoms with van der Waals surface area (Å²) in [5.74, 6) is -1.68. The van der Waals surface area contributed by atoms with Crippen molar-refractivity contribution in [2.24, 2.45) is 0 Å². The van der Waals surface area contributed by atoms with Gasteiger partial charge in [0.05, 0.1) is 26.4 Å². The van der Waals surface area contributed by atoms with E-state index in [2.05, 4.69) is 179 Å². The van der Waals surface area contributed by atoms with Crippen LogP contribution in [0.5, 0.6) is 0 Å². The Kier molecular flexibility index (Phi) is 67.0. The van der Waals surface area contributed by atoms with E-state index < -0.39 is 91.5 Å². The fourth-order valence-electron chi connectivity index (χ4n) is 8.91. The molecule has 0 rings (SSSR count). The number of allylic oxidation sites excluding steroid dienone is 28. The van der Waals surface area contributed by atoms with E-state index in [1.165, 1.54) is 19.3 Å². The van der Waals surface area contributed by atoms with Crippen molar-refractivity contribution in [2.45, 2.75) is 270 Å². The average Bonchev–Trinajstić information content (AvgIpc) is 2.50. The van der Waals surface area contributed by atoms with Crippen molar-refractivity contribution >= 4 is 33.6 Å². The smallest absolute Gasteiger partial charge is 0.463 e. The topological polar surface area (TPSA) is 231 Å². The molecule has 0 aliphatic rings. The van der Waals surface area contributed by atoms with Crippen LogP contribution in [0.2, 0.25) is 0 Å². The highest BCUT2D eigenvalue weighted by Crippen LogP contribution is 2.45. The number of unbranched alkanes of at least 4 members (excludes halogenated alkanes) is 16. The van der Waals surface area contributed by atoms with Gasteiger partial charge >= 0.3 is 33.6 Å². The van der Waals surface area contributed by atoms with Crippen LogP contribution < -0.4 is 0 Å². The summed E-state index contributed by atoms with van der Waals surface area (Å²) in [7, 11) is -9.83. The second-order valence-corrected chi connectivity index (χ2v) is 26.5. The molecule has 0 aromatic heterocycles. The highest BCUT2D eigenvalue weighted by Gasteiger charge is 2.29. The summed E-state index contributed by atoms with van der Waals surface area (Å²) in [6.45, 7) is 2.29. The number of carbonyl (C=O) groups is 3. The number of phosphoric ester groups is 2. The van der Waals surface area contributed by atoms with Crippen molar-refractivity contribution in [3.8, 4) is 0 Å².